The highest BCUT2D eigenvalue weighted by Gasteiger charge is 2.33. The monoisotopic (exact) mass is 153 g/mol. The van der Waals surface area contributed by atoms with Gasteiger partial charge in [0.25, 0.3) is 0 Å². The van der Waals surface area contributed by atoms with E-state index in [-0.39, 0.29) is 0 Å². The van der Waals surface area contributed by atoms with E-state index >= 15 is 0 Å². The van der Waals surface area contributed by atoms with Crippen LogP contribution in [0.5, 0.6) is 0 Å². The van der Waals surface area contributed by atoms with E-state index in [4.69, 9.17) is 0 Å². The molecule has 0 aromatic carbocycles. The van der Waals surface area contributed by atoms with Crippen molar-refractivity contribution < 1.29 is 4.79 Å². The number of carbonyl (C=O) groups excluding carboxylic acids is 1. The molecule has 62 valence electrons. The molecule has 0 aromatic heterocycles. The van der Waals surface area contributed by atoms with Gasteiger partial charge in [0.05, 0.1) is 0 Å². The van der Waals surface area contributed by atoms with Crippen LogP contribution in [0.4, 0.5) is 0 Å². The molecule has 2 heteroatoms. The van der Waals surface area contributed by atoms with Crippen molar-refractivity contribution in [1.29, 1.82) is 0 Å². The number of hydrogen-bond donors (Lipinski definition) is 0. The van der Waals surface area contributed by atoms with Crippen molar-refractivity contribution in [2.75, 3.05) is 13.1 Å². The molecule has 0 radical (unpaired) electrons. The number of aldehydes is 1. The first kappa shape index (κ1) is 7.29. The number of likely N-dealkylation sites (tertiary alicyclic amines) is 1. The third-order valence-electron chi connectivity index (χ3n) is 3.00. The maximum Gasteiger partial charge on any atom is 0.123 e. The van der Waals surface area contributed by atoms with Crippen molar-refractivity contribution in [2.45, 2.75) is 31.7 Å². The molecule has 2 rings (SSSR count). The van der Waals surface area contributed by atoms with Crippen LogP contribution in [0.15, 0.2) is 0 Å². The van der Waals surface area contributed by atoms with Gasteiger partial charge in [-0.15, -0.1) is 0 Å². The van der Waals surface area contributed by atoms with Gasteiger partial charge in [-0.1, -0.05) is 0 Å². The zero-order chi connectivity index (χ0) is 7.68. The number of nitrogens with zero attached hydrogens (tertiary/aromatic N) is 1. The van der Waals surface area contributed by atoms with E-state index in [1.165, 1.54) is 25.9 Å². The molecule has 11 heavy (non-hydrogen) atoms. The number of rotatable bonds is 2. The van der Waals surface area contributed by atoms with Crippen molar-refractivity contribution in [2.24, 2.45) is 5.92 Å². The maximum absolute atomic E-state index is 10.3. The Kier molecular flexibility index (Phi) is 1.95. The molecule has 0 amide bonds. The normalized spacial score (nSPS) is 38.5. The van der Waals surface area contributed by atoms with E-state index < -0.39 is 0 Å². The molecular formula is C9H15NO. The van der Waals surface area contributed by atoms with E-state index in [9.17, 15) is 4.79 Å². The second-order valence-corrected chi connectivity index (χ2v) is 3.76. The van der Waals surface area contributed by atoms with Crippen molar-refractivity contribution in [3.8, 4) is 0 Å². The van der Waals surface area contributed by atoms with Crippen LogP contribution in [0.2, 0.25) is 0 Å². The molecule has 1 aliphatic heterocycles. The molecule has 0 bridgehead atoms. The Hall–Kier alpha value is -0.370. The molecular weight excluding hydrogens is 138 g/mol. The van der Waals surface area contributed by atoms with Gasteiger partial charge in [0.2, 0.25) is 0 Å². The van der Waals surface area contributed by atoms with E-state index in [1.807, 2.05) is 0 Å². The summed E-state index contributed by atoms with van der Waals surface area (Å²) in [6.45, 7) is 2.55. The van der Waals surface area contributed by atoms with Crippen molar-refractivity contribution in [3.63, 3.8) is 0 Å². The van der Waals surface area contributed by atoms with E-state index in [0.29, 0.717) is 5.92 Å². The molecule has 2 aliphatic rings. The third-order valence-corrected chi connectivity index (χ3v) is 3.00. The van der Waals surface area contributed by atoms with Crippen LogP contribution in [-0.4, -0.2) is 30.3 Å². The first-order valence-electron chi connectivity index (χ1n) is 4.59. The average Bonchev–Trinajstić information content (AvgIpc) is 2.37. The summed E-state index contributed by atoms with van der Waals surface area (Å²) in [6, 6.07) is 0.757. The molecule has 1 saturated heterocycles. The summed E-state index contributed by atoms with van der Waals surface area (Å²) < 4.78 is 0. The molecule has 1 aliphatic carbocycles. The average molecular weight is 153 g/mol. The number of hydrogen-bond acceptors (Lipinski definition) is 2. The van der Waals surface area contributed by atoms with Gasteiger partial charge in [-0.05, 0) is 38.8 Å². The second kappa shape index (κ2) is 2.94. The zero-order valence-electron chi connectivity index (χ0n) is 6.83. The van der Waals surface area contributed by atoms with Crippen LogP contribution in [0.25, 0.3) is 0 Å². The fourth-order valence-electron chi connectivity index (χ4n) is 2.15. The molecule has 0 aromatic rings. The molecule has 0 N–H and O–H groups in total. The fourth-order valence-corrected chi connectivity index (χ4v) is 2.15. The fraction of sp³-hybridized carbons (Fsp3) is 0.889. The van der Waals surface area contributed by atoms with Crippen LogP contribution in [0.3, 0.4) is 0 Å². The lowest BCUT2D eigenvalue weighted by Gasteiger charge is -2.38. The SMILES string of the molecule is O=CC1CC(N2CCCC2)C1. The summed E-state index contributed by atoms with van der Waals surface area (Å²) in [5.41, 5.74) is 0. The van der Waals surface area contributed by atoms with Gasteiger partial charge < -0.3 is 9.69 Å². The minimum Gasteiger partial charge on any atom is -0.303 e. The largest absolute Gasteiger partial charge is 0.303 e. The lowest BCUT2D eigenvalue weighted by molar-refractivity contribution is -0.115. The summed E-state index contributed by atoms with van der Waals surface area (Å²) >= 11 is 0. The van der Waals surface area contributed by atoms with Crippen LogP contribution < -0.4 is 0 Å². The predicted molar refractivity (Wildman–Crippen MR) is 43.4 cm³/mol. The Morgan fingerprint density at radius 2 is 1.82 bits per heavy atom. The Labute approximate surface area is 67.6 Å². The Morgan fingerprint density at radius 1 is 1.18 bits per heavy atom. The minimum absolute atomic E-state index is 0.389. The third kappa shape index (κ3) is 1.32. The summed E-state index contributed by atoms with van der Waals surface area (Å²) in [5.74, 6) is 0.389. The highest BCUT2D eigenvalue weighted by Crippen LogP contribution is 2.31. The summed E-state index contributed by atoms with van der Waals surface area (Å²) in [4.78, 5) is 12.9. The van der Waals surface area contributed by atoms with Gasteiger partial charge in [0, 0.05) is 12.0 Å². The molecule has 1 heterocycles. The van der Waals surface area contributed by atoms with Crippen LogP contribution >= 0.6 is 0 Å². The first-order chi connectivity index (χ1) is 5.40. The van der Waals surface area contributed by atoms with Crippen molar-refractivity contribution in [3.05, 3.63) is 0 Å². The smallest absolute Gasteiger partial charge is 0.123 e. The highest BCUT2D eigenvalue weighted by atomic mass is 16.1. The first-order valence-corrected chi connectivity index (χ1v) is 4.59. The molecule has 1 saturated carbocycles. The predicted octanol–water partition coefficient (Wildman–Crippen LogP) is 1.06. The van der Waals surface area contributed by atoms with E-state index in [0.717, 1.165) is 25.2 Å². The summed E-state index contributed by atoms with van der Waals surface area (Å²) in [5, 5.41) is 0. The van der Waals surface area contributed by atoms with Gasteiger partial charge in [0.1, 0.15) is 6.29 Å². The maximum atomic E-state index is 10.3. The Balaban J connectivity index is 1.76. The van der Waals surface area contributed by atoms with Gasteiger partial charge in [-0.3, -0.25) is 0 Å². The van der Waals surface area contributed by atoms with Crippen LogP contribution in [-0.2, 0) is 4.79 Å². The molecule has 0 spiro atoms. The van der Waals surface area contributed by atoms with Gasteiger partial charge in [-0.25, -0.2) is 0 Å². The summed E-state index contributed by atoms with van der Waals surface area (Å²) in [7, 11) is 0. The lowest BCUT2D eigenvalue weighted by atomic mass is 9.80. The minimum atomic E-state index is 0.389. The summed E-state index contributed by atoms with van der Waals surface area (Å²) in [6.07, 6.45) is 6.10. The standard InChI is InChI=1S/C9H15NO/c11-7-8-5-9(6-8)10-3-1-2-4-10/h7-9H,1-6H2. The molecule has 2 nitrogen and oxygen atoms in total. The molecule has 2 fully saturated rings. The van der Waals surface area contributed by atoms with Crippen molar-refractivity contribution >= 4 is 6.29 Å². The zero-order valence-corrected chi connectivity index (χ0v) is 6.83. The van der Waals surface area contributed by atoms with Gasteiger partial charge in [0.15, 0.2) is 0 Å². The number of carbonyl (C=O) groups is 1. The van der Waals surface area contributed by atoms with Crippen LogP contribution in [0, 0.1) is 5.92 Å². The Morgan fingerprint density at radius 3 is 2.36 bits per heavy atom. The Bertz CT molecular complexity index is 146. The van der Waals surface area contributed by atoms with E-state index in [1.54, 1.807) is 0 Å². The lowest BCUT2D eigenvalue weighted by Crippen LogP contribution is -2.43. The van der Waals surface area contributed by atoms with Crippen LogP contribution in [0.1, 0.15) is 25.7 Å². The second-order valence-electron chi connectivity index (χ2n) is 3.76. The topological polar surface area (TPSA) is 20.3 Å². The van der Waals surface area contributed by atoms with Gasteiger partial charge >= 0.3 is 0 Å². The van der Waals surface area contributed by atoms with Gasteiger partial charge in [-0.2, -0.15) is 0 Å². The molecule has 0 unspecified atom stereocenters. The quantitative estimate of drug-likeness (QED) is 0.553. The highest BCUT2D eigenvalue weighted by molar-refractivity contribution is 5.55. The molecule has 0 atom stereocenters. The van der Waals surface area contributed by atoms with Crippen molar-refractivity contribution in [1.82, 2.24) is 4.90 Å². The van der Waals surface area contributed by atoms with E-state index in [2.05, 4.69) is 4.90 Å².